The molecule has 5 fully saturated rings. The van der Waals surface area contributed by atoms with Crippen LogP contribution >= 0.6 is 0 Å². The van der Waals surface area contributed by atoms with E-state index >= 15 is 0 Å². The molecule has 0 spiro atoms. The molecule has 0 radical (unpaired) electrons. The lowest BCUT2D eigenvalue weighted by Crippen LogP contribution is -2.51. The van der Waals surface area contributed by atoms with Crippen LogP contribution in [-0.4, -0.2) is 205 Å². The zero-order valence-electron chi connectivity index (χ0n) is 84.1. The van der Waals surface area contributed by atoms with Crippen LogP contribution in [0.25, 0.3) is 44.5 Å². The summed E-state index contributed by atoms with van der Waals surface area (Å²) in [6.07, 6.45) is 0. The molecule has 5 aliphatic heterocycles. The maximum Gasteiger partial charge on any atom is 0.338 e. The Labute approximate surface area is 849 Å². The highest BCUT2D eigenvalue weighted by molar-refractivity contribution is 5.93. The van der Waals surface area contributed by atoms with Crippen molar-refractivity contribution in [3.63, 3.8) is 0 Å². The minimum absolute atomic E-state index is 0.0283. The molecular weight excluding hydrogens is 1880 g/mol. The Bertz CT molecular complexity index is 6100. The Balaban J connectivity index is 0.000000203. The number of hydrogen-bond acceptors (Lipinski definition) is 31. The number of hydrogen-bond donors (Lipinski definition) is 0. The molecule has 146 heavy (non-hydrogen) atoms. The lowest BCUT2D eigenvalue weighted by molar-refractivity contribution is -0.175. The van der Waals surface area contributed by atoms with E-state index in [4.69, 9.17) is 99.5 Å². The number of carbonyl (C=O) groups is 10. The topological polar surface area (TPSA) is 365 Å². The predicted molar refractivity (Wildman–Crippen MR) is 543 cm³/mol. The van der Waals surface area contributed by atoms with Crippen molar-refractivity contribution in [1.82, 2.24) is 0 Å². The van der Waals surface area contributed by atoms with E-state index in [1.165, 1.54) is 0 Å². The van der Waals surface area contributed by atoms with Gasteiger partial charge in [-0.3, -0.25) is 0 Å². The minimum atomic E-state index is -0.508. The van der Waals surface area contributed by atoms with Gasteiger partial charge in [0, 0.05) is 73.4 Å². The summed E-state index contributed by atoms with van der Waals surface area (Å²) < 4.78 is 116. The molecule has 0 N–H and O–H groups in total. The summed E-state index contributed by atoms with van der Waals surface area (Å²) in [6, 6.07) is 54.9. The summed E-state index contributed by atoms with van der Waals surface area (Å²) in [7, 11) is 0. The summed E-state index contributed by atoms with van der Waals surface area (Å²) in [5, 5.41) is 0. The molecule has 5 heterocycles. The van der Waals surface area contributed by atoms with E-state index in [0.29, 0.717) is 187 Å². The summed E-state index contributed by atoms with van der Waals surface area (Å²) in [5.41, 5.74) is 8.31. The lowest BCUT2D eigenvalue weighted by atomic mass is 9.88. The highest BCUT2D eigenvalue weighted by Crippen LogP contribution is 2.41. The average Bonchev–Trinajstić information content (AvgIpc) is 0.845. The van der Waals surface area contributed by atoms with Crippen LogP contribution in [0.2, 0.25) is 0 Å². The van der Waals surface area contributed by atoms with Crippen molar-refractivity contribution < 1.29 is 147 Å². The van der Waals surface area contributed by atoms with Gasteiger partial charge in [0.2, 0.25) is 0 Å². The van der Waals surface area contributed by atoms with Crippen LogP contribution in [0.4, 0.5) is 0 Å². The van der Waals surface area contributed by atoms with Gasteiger partial charge in [-0.25, -0.2) is 47.9 Å². The first kappa shape index (κ1) is 112. The second kappa shape index (κ2) is 52.6. The van der Waals surface area contributed by atoms with Crippen molar-refractivity contribution in [1.29, 1.82) is 0 Å². The monoisotopic (exact) mass is 2000 g/mol. The lowest BCUT2D eigenvalue weighted by Gasteiger charge is -2.40. The Morgan fingerprint density at radius 3 is 0.781 bits per heavy atom. The SMILES string of the molecule is C=C(C)C(=O)OCC1(COc2cc(OCC3(COC(=O)C(=C)C)COC3)cc(-c3ccc(OC(=O)C(=C)C)cc3)c2)COC1.C=C(C)C(=O)OCC1(COc2ccc(-c3cccc(-c4cccc(OC(=O)C(=C)C)c4)c3)cc2)COC1.C=C(C)C(=O)OCC1(COc2ccc(OC(=O)C(=C)C)cc2)COC1.C=C(C)C(=O)OCCOc1cc(OCC2(COC(=O)C(=C)C)COC2)ccc1-c1ccc(OC(=O)C(=C)C)cc1. The molecule has 8 aromatic rings. The number of benzene rings is 8. The third kappa shape index (κ3) is 33.8. The molecular formula is C115H124O31. The first-order valence-corrected chi connectivity index (χ1v) is 46.5. The van der Waals surface area contributed by atoms with Gasteiger partial charge in [0.05, 0.1) is 93.1 Å². The molecule has 0 aromatic heterocycles. The van der Waals surface area contributed by atoms with Crippen LogP contribution in [0.1, 0.15) is 69.2 Å². The van der Waals surface area contributed by atoms with Gasteiger partial charge < -0.3 is 99.5 Å². The van der Waals surface area contributed by atoms with E-state index in [1.54, 1.807) is 154 Å². The van der Waals surface area contributed by atoms with Crippen LogP contribution in [0.5, 0.6) is 57.5 Å². The summed E-state index contributed by atoms with van der Waals surface area (Å²) in [6.45, 7) is 58.5. The van der Waals surface area contributed by atoms with E-state index in [1.807, 2.05) is 91.0 Å². The Kier molecular flexibility index (Phi) is 40.5. The van der Waals surface area contributed by atoms with Crippen molar-refractivity contribution in [2.75, 3.05) is 145 Å². The number of esters is 10. The van der Waals surface area contributed by atoms with Gasteiger partial charge in [-0.2, -0.15) is 0 Å². The first-order valence-electron chi connectivity index (χ1n) is 46.5. The van der Waals surface area contributed by atoms with Gasteiger partial charge >= 0.3 is 59.7 Å². The zero-order chi connectivity index (χ0) is 106. The van der Waals surface area contributed by atoms with Crippen molar-refractivity contribution in [2.24, 2.45) is 27.1 Å². The normalized spacial score (nSPS) is 14.4. The smallest absolute Gasteiger partial charge is 0.338 e. The molecule has 0 amide bonds. The fourth-order valence-electron chi connectivity index (χ4n) is 13.3. The molecule has 0 atom stereocenters. The summed E-state index contributed by atoms with van der Waals surface area (Å²) >= 11 is 0. The second-order valence-electron chi connectivity index (χ2n) is 37.1. The van der Waals surface area contributed by atoms with Gasteiger partial charge in [-0.1, -0.05) is 133 Å². The predicted octanol–water partition coefficient (Wildman–Crippen LogP) is 18.4. The molecule has 5 aliphatic rings. The summed E-state index contributed by atoms with van der Waals surface area (Å²) in [5.74, 6) is 0.430. The standard InChI is InChI=1S/C34H38O10.C31H34O9.C31H30O6.C19H22O6/c1-22(2)30(35)42-20-33(14-38-15-33)18-40-28-11-26(25-7-9-27(10-8-25)44-32(37)24(5)6)12-29(13-28)41-19-34(16-39-17-34)21-43-31(36)23(3)4;1-20(2)28(32)37-14-13-36-27-15-25(38-18-31(16-35-17-31)19-39-29(33)21(3)4)11-12-26(27)23-7-9-24(10-8-23)40-30(34)22(5)6;1-21(2)29(32)36-20-31(17-34-18-31)19-35-27-13-11-23(12-14-27)24-7-5-8-25(15-24)26-9-6-10-28(16-26)37-30(33)22(3)4;1-13(2)17(20)24-12-19(9-22-10-19)11-23-15-5-7-16(8-6-15)25-18(21)14(3)4/h7-13H,1,3,5,14-21H2,2,4,6H3;7-12,15H,1,3,5,13-14,16-19H2,2,4,6H3;5-16H,1,3,17-20H2,2,4H3;5-8H,1,3,9-12H2,2,4H3. The minimum Gasteiger partial charge on any atom is -0.493 e. The van der Waals surface area contributed by atoms with Crippen molar-refractivity contribution >= 4 is 59.7 Å². The van der Waals surface area contributed by atoms with Gasteiger partial charge in [-0.05, 0) is 211 Å². The average molecular weight is 2000 g/mol. The largest absolute Gasteiger partial charge is 0.493 e. The van der Waals surface area contributed by atoms with Crippen molar-refractivity contribution in [2.45, 2.75) is 69.2 Å². The number of ether oxygens (including phenoxy) is 21. The van der Waals surface area contributed by atoms with E-state index < -0.39 is 75.9 Å². The second-order valence-corrected chi connectivity index (χ2v) is 37.1. The molecule has 0 unspecified atom stereocenters. The maximum absolute atomic E-state index is 12.0. The quantitative estimate of drug-likeness (QED) is 0.0112. The Morgan fingerprint density at radius 1 is 0.212 bits per heavy atom. The van der Waals surface area contributed by atoms with E-state index in [2.05, 4.69) is 71.9 Å². The van der Waals surface area contributed by atoms with Gasteiger partial charge in [0.1, 0.15) is 137 Å². The van der Waals surface area contributed by atoms with Gasteiger partial charge in [0.15, 0.2) is 0 Å². The highest BCUT2D eigenvalue weighted by atomic mass is 16.6. The van der Waals surface area contributed by atoms with E-state index in [9.17, 15) is 47.9 Å². The fourth-order valence-corrected chi connectivity index (χ4v) is 13.3. The Morgan fingerprint density at radius 2 is 0.459 bits per heavy atom. The van der Waals surface area contributed by atoms with Crippen molar-refractivity contribution in [3.05, 3.63) is 304 Å². The molecule has 0 bridgehead atoms. The first-order chi connectivity index (χ1) is 69.4. The number of carbonyl (C=O) groups excluding carboxylic acids is 10. The van der Waals surface area contributed by atoms with Crippen LogP contribution in [0.3, 0.4) is 0 Å². The van der Waals surface area contributed by atoms with Gasteiger partial charge in [0.25, 0.3) is 0 Å². The Hall–Kier alpha value is -15.5. The third-order valence-electron chi connectivity index (χ3n) is 22.5. The third-order valence-corrected chi connectivity index (χ3v) is 22.5. The van der Waals surface area contributed by atoms with E-state index in [-0.39, 0.29) is 76.9 Å². The van der Waals surface area contributed by atoms with Crippen LogP contribution in [0, 0.1) is 27.1 Å². The maximum atomic E-state index is 12.0. The van der Waals surface area contributed by atoms with Crippen LogP contribution in [-0.2, 0) is 100 Å². The molecule has 8 aromatic carbocycles. The summed E-state index contributed by atoms with van der Waals surface area (Å²) in [4.78, 5) is 118. The van der Waals surface area contributed by atoms with E-state index in [0.717, 1.165) is 50.3 Å². The molecule has 31 nitrogen and oxygen atoms in total. The van der Waals surface area contributed by atoms with Crippen molar-refractivity contribution in [3.8, 4) is 102 Å². The fraction of sp³-hybridized carbons (Fsp3) is 0.322. The molecule has 5 saturated heterocycles. The molecule has 770 valence electrons. The highest BCUT2D eigenvalue weighted by Gasteiger charge is 2.46. The molecule has 0 saturated carbocycles. The van der Waals surface area contributed by atoms with Gasteiger partial charge in [-0.15, -0.1) is 0 Å². The molecule has 31 heteroatoms. The number of rotatable bonds is 47. The zero-order valence-corrected chi connectivity index (χ0v) is 84.1. The molecule has 0 aliphatic carbocycles. The van der Waals surface area contributed by atoms with Crippen LogP contribution < -0.4 is 47.4 Å². The molecule has 13 rings (SSSR count). The van der Waals surface area contributed by atoms with Crippen LogP contribution in [0.15, 0.2) is 304 Å².